The number of hydrogen-bond acceptors (Lipinski definition) is 1. The van der Waals surface area contributed by atoms with E-state index >= 15 is 0 Å². The van der Waals surface area contributed by atoms with E-state index in [4.69, 9.17) is 0 Å². The van der Waals surface area contributed by atoms with E-state index in [2.05, 4.69) is 16.9 Å². The third-order valence-electron chi connectivity index (χ3n) is 3.56. The van der Waals surface area contributed by atoms with Crippen molar-refractivity contribution in [1.29, 1.82) is 0 Å². The molecule has 2 rings (SSSR count). The van der Waals surface area contributed by atoms with Crippen LogP contribution in [0.15, 0.2) is 30.5 Å². The molecule has 0 atom stereocenters. The van der Waals surface area contributed by atoms with Crippen LogP contribution < -0.4 is 10.00 Å². The molecule has 0 unspecified atom stereocenters. The van der Waals surface area contributed by atoms with Crippen molar-refractivity contribution in [2.75, 3.05) is 5.32 Å². The van der Waals surface area contributed by atoms with Crippen molar-refractivity contribution >= 4 is 11.6 Å². The molecular formula is C16H22N3OY+. The van der Waals surface area contributed by atoms with Gasteiger partial charge in [0, 0.05) is 44.5 Å². The summed E-state index contributed by atoms with van der Waals surface area (Å²) in [5.74, 6) is 0.000185. The van der Waals surface area contributed by atoms with Crippen molar-refractivity contribution < 1.29 is 42.2 Å². The average molecular weight is 361 g/mol. The van der Waals surface area contributed by atoms with Gasteiger partial charge in [-0.2, -0.15) is 4.68 Å². The molecule has 1 aromatic carbocycles. The van der Waals surface area contributed by atoms with Crippen LogP contribution in [0.2, 0.25) is 0 Å². The van der Waals surface area contributed by atoms with Gasteiger partial charge in [0.1, 0.15) is 0 Å². The maximum atomic E-state index is 12.2. The topological polar surface area (TPSA) is 37.9 Å². The Balaban J connectivity index is 0.00000220. The van der Waals surface area contributed by atoms with Gasteiger partial charge in [-0.25, -0.2) is 0 Å². The van der Waals surface area contributed by atoms with Crippen molar-refractivity contribution in [2.45, 2.75) is 40.8 Å². The summed E-state index contributed by atoms with van der Waals surface area (Å²) >= 11 is 0. The summed E-state index contributed by atoms with van der Waals surface area (Å²) in [7, 11) is 0. The van der Waals surface area contributed by atoms with Crippen molar-refractivity contribution in [3.63, 3.8) is 0 Å². The summed E-state index contributed by atoms with van der Waals surface area (Å²) < 4.78 is 4.03. The smallest absolute Gasteiger partial charge is 0.292 e. The molecule has 1 amide bonds. The largest absolute Gasteiger partial charge is 0.320 e. The molecule has 21 heavy (non-hydrogen) atoms. The first kappa shape index (κ1) is 18.1. The fourth-order valence-electron chi connectivity index (χ4n) is 2.47. The van der Waals surface area contributed by atoms with Crippen molar-refractivity contribution in [1.82, 2.24) is 4.68 Å². The van der Waals surface area contributed by atoms with Crippen LogP contribution in [0.5, 0.6) is 0 Å². The number of amides is 1. The molecule has 4 nitrogen and oxygen atoms in total. The number of carbonyl (C=O) groups is 1. The van der Waals surface area contributed by atoms with Crippen LogP contribution in [0.1, 0.15) is 23.7 Å². The SMILES string of the molecule is CCn1c(C)cc[n+]1CC(=O)Nc1c(C)cccc1C.[Y]. The zero-order valence-electron chi connectivity index (χ0n) is 13.2. The maximum absolute atomic E-state index is 12.2. The van der Waals surface area contributed by atoms with Crippen molar-refractivity contribution in [3.05, 3.63) is 47.3 Å². The maximum Gasteiger partial charge on any atom is 0.292 e. The summed E-state index contributed by atoms with van der Waals surface area (Å²) in [6, 6.07) is 8.04. The number of rotatable bonds is 4. The number of benzene rings is 1. The Morgan fingerprint density at radius 3 is 2.38 bits per heavy atom. The van der Waals surface area contributed by atoms with Gasteiger partial charge in [0.25, 0.3) is 5.91 Å². The van der Waals surface area contributed by atoms with E-state index in [-0.39, 0.29) is 38.6 Å². The Hall–Kier alpha value is -0.996. The third kappa shape index (κ3) is 4.24. The zero-order chi connectivity index (χ0) is 14.7. The number of anilines is 1. The first-order chi connectivity index (χ1) is 9.52. The second-order valence-corrected chi connectivity index (χ2v) is 5.09. The van der Waals surface area contributed by atoms with E-state index in [0.29, 0.717) is 6.54 Å². The molecule has 0 aliphatic heterocycles. The minimum absolute atomic E-state index is 0. The number of carbonyl (C=O) groups excluding carboxylic acids is 1. The Kier molecular flexibility index (Phi) is 6.75. The number of para-hydroxylation sites is 1. The van der Waals surface area contributed by atoms with Crippen LogP contribution in [-0.4, -0.2) is 10.6 Å². The number of aryl methyl sites for hydroxylation is 3. The summed E-state index contributed by atoms with van der Waals surface area (Å²) in [6.45, 7) is 9.32. The van der Waals surface area contributed by atoms with Crippen LogP contribution in [0, 0.1) is 20.8 Å². The Labute approximate surface area is 151 Å². The normalized spacial score (nSPS) is 10.1. The summed E-state index contributed by atoms with van der Waals surface area (Å²) in [4.78, 5) is 12.2. The minimum atomic E-state index is 0. The summed E-state index contributed by atoms with van der Waals surface area (Å²) in [5, 5.41) is 3.01. The van der Waals surface area contributed by atoms with Crippen LogP contribution >= 0.6 is 0 Å². The predicted octanol–water partition coefficient (Wildman–Crippen LogP) is 2.36. The van der Waals surface area contributed by atoms with Crippen molar-refractivity contribution in [3.8, 4) is 0 Å². The molecule has 0 saturated heterocycles. The fraction of sp³-hybridized carbons (Fsp3) is 0.375. The van der Waals surface area contributed by atoms with E-state index in [0.717, 1.165) is 29.1 Å². The first-order valence-corrected chi connectivity index (χ1v) is 6.95. The molecule has 109 valence electrons. The average Bonchev–Trinajstić information content (AvgIpc) is 2.74. The third-order valence-corrected chi connectivity index (χ3v) is 3.56. The molecule has 5 heteroatoms. The molecule has 0 bridgehead atoms. The number of nitrogens with zero attached hydrogens (tertiary/aromatic N) is 2. The first-order valence-electron chi connectivity index (χ1n) is 6.95. The molecule has 1 aromatic heterocycles. The molecule has 1 radical (unpaired) electrons. The van der Waals surface area contributed by atoms with Gasteiger partial charge in [-0.05, 0) is 38.8 Å². The Morgan fingerprint density at radius 2 is 1.81 bits per heavy atom. The molecule has 0 aliphatic carbocycles. The van der Waals surface area contributed by atoms with Crippen LogP contribution in [0.4, 0.5) is 5.69 Å². The zero-order valence-corrected chi connectivity index (χ0v) is 16.0. The molecule has 0 saturated carbocycles. The van der Waals surface area contributed by atoms with Gasteiger partial charge in [0.05, 0.1) is 12.2 Å². The number of nitrogens with one attached hydrogen (secondary N) is 1. The monoisotopic (exact) mass is 361 g/mol. The standard InChI is InChI=1S/C16H21N3O.Y/c1-5-19-14(4)9-10-18(19)11-15(20)17-16-12(2)7-6-8-13(16)3;/h6-10H,5,11H2,1-4H3;/p+1. The van der Waals surface area contributed by atoms with Gasteiger partial charge in [0.15, 0.2) is 6.20 Å². The van der Waals surface area contributed by atoms with Gasteiger partial charge in [-0.1, -0.05) is 18.2 Å². The Bertz CT molecular complexity index is 614. The summed E-state index contributed by atoms with van der Waals surface area (Å²) in [6.07, 6.45) is 1.95. The fourth-order valence-corrected chi connectivity index (χ4v) is 2.47. The molecule has 1 N–H and O–H groups in total. The molecule has 0 spiro atoms. The quantitative estimate of drug-likeness (QED) is 0.835. The Morgan fingerprint density at radius 1 is 1.19 bits per heavy atom. The van der Waals surface area contributed by atoms with Crippen LogP contribution in [0.3, 0.4) is 0 Å². The molecule has 1 heterocycles. The molecule has 0 aliphatic rings. The van der Waals surface area contributed by atoms with E-state index in [1.54, 1.807) is 0 Å². The van der Waals surface area contributed by atoms with Crippen LogP contribution in [-0.2, 0) is 50.6 Å². The minimum Gasteiger partial charge on any atom is -0.320 e. The second-order valence-electron chi connectivity index (χ2n) is 5.09. The number of aromatic nitrogens is 2. The molecular weight excluding hydrogens is 339 g/mol. The van der Waals surface area contributed by atoms with Gasteiger partial charge >= 0.3 is 0 Å². The number of hydrogen-bond donors (Lipinski definition) is 1. The van der Waals surface area contributed by atoms with Gasteiger partial charge in [-0.15, -0.1) is 4.68 Å². The van der Waals surface area contributed by atoms with E-state index in [1.807, 2.05) is 55.9 Å². The molecule has 2 aromatic rings. The van der Waals surface area contributed by atoms with Crippen LogP contribution in [0.25, 0.3) is 0 Å². The van der Waals surface area contributed by atoms with Gasteiger partial charge in [0.2, 0.25) is 6.54 Å². The summed E-state index contributed by atoms with van der Waals surface area (Å²) in [5.41, 5.74) is 4.26. The van der Waals surface area contributed by atoms with E-state index < -0.39 is 0 Å². The van der Waals surface area contributed by atoms with Gasteiger partial charge < -0.3 is 5.32 Å². The van der Waals surface area contributed by atoms with Gasteiger partial charge in [-0.3, -0.25) is 4.79 Å². The van der Waals surface area contributed by atoms with E-state index in [1.165, 1.54) is 0 Å². The van der Waals surface area contributed by atoms with E-state index in [9.17, 15) is 4.79 Å². The second kappa shape index (κ2) is 7.85. The molecule has 0 fully saturated rings. The van der Waals surface area contributed by atoms with Crippen molar-refractivity contribution in [2.24, 2.45) is 0 Å². The predicted molar refractivity (Wildman–Crippen MR) is 79.6 cm³/mol.